The molecule has 0 unspecified atom stereocenters. The lowest BCUT2D eigenvalue weighted by Crippen LogP contribution is -2.24. The average molecular weight is 380 g/mol. The lowest BCUT2D eigenvalue weighted by Gasteiger charge is -2.04. The van der Waals surface area contributed by atoms with E-state index in [9.17, 15) is 4.79 Å². The van der Waals surface area contributed by atoms with E-state index in [-0.39, 0.29) is 12.5 Å². The van der Waals surface area contributed by atoms with Crippen LogP contribution >= 0.6 is 22.6 Å². The molecule has 0 bridgehead atoms. The number of benzene rings is 2. The Bertz CT molecular complexity index is 583. The van der Waals surface area contributed by atoms with E-state index < -0.39 is 0 Å². The van der Waals surface area contributed by atoms with E-state index >= 15 is 0 Å². The SMILES string of the molecule is O=C(COc1ccc(I)cc1)N/N=C\c1ccccc1. The fraction of sp³-hybridized carbons (Fsp3) is 0.0667. The van der Waals surface area contributed by atoms with E-state index in [2.05, 4.69) is 33.1 Å². The van der Waals surface area contributed by atoms with Crippen LogP contribution in [-0.2, 0) is 4.79 Å². The highest BCUT2D eigenvalue weighted by atomic mass is 127. The van der Waals surface area contributed by atoms with Gasteiger partial charge in [0.15, 0.2) is 6.61 Å². The van der Waals surface area contributed by atoms with Crippen molar-refractivity contribution in [3.05, 3.63) is 63.7 Å². The van der Waals surface area contributed by atoms with Crippen LogP contribution in [0.1, 0.15) is 5.56 Å². The summed E-state index contributed by atoms with van der Waals surface area (Å²) in [5, 5.41) is 3.86. The van der Waals surface area contributed by atoms with Gasteiger partial charge in [0.05, 0.1) is 6.21 Å². The summed E-state index contributed by atoms with van der Waals surface area (Å²) in [6.07, 6.45) is 1.59. The fourth-order valence-corrected chi connectivity index (χ4v) is 1.79. The molecule has 1 amide bonds. The zero-order valence-electron chi connectivity index (χ0n) is 10.6. The van der Waals surface area contributed by atoms with Crippen LogP contribution in [0.2, 0.25) is 0 Å². The smallest absolute Gasteiger partial charge is 0.277 e. The van der Waals surface area contributed by atoms with Crippen molar-refractivity contribution in [1.29, 1.82) is 0 Å². The lowest BCUT2D eigenvalue weighted by molar-refractivity contribution is -0.123. The third-order valence-electron chi connectivity index (χ3n) is 2.39. The number of rotatable bonds is 5. The largest absolute Gasteiger partial charge is 0.484 e. The Morgan fingerprint density at radius 3 is 2.55 bits per heavy atom. The second-order valence-electron chi connectivity index (χ2n) is 3.95. The van der Waals surface area contributed by atoms with Gasteiger partial charge in [-0.1, -0.05) is 30.3 Å². The molecule has 1 N–H and O–H groups in total. The summed E-state index contributed by atoms with van der Waals surface area (Å²) in [5.74, 6) is 0.364. The molecule has 0 aliphatic carbocycles. The molecule has 0 aliphatic rings. The van der Waals surface area contributed by atoms with E-state index in [1.54, 1.807) is 6.21 Å². The van der Waals surface area contributed by atoms with Gasteiger partial charge < -0.3 is 4.74 Å². The Kier molecular flexibility index (Phi) is 5.55. The topological polar surface area (TPSA) is 50.7 Å². The highest BCUT2D eigenvalue weighted by Gasteiger charge is 2.00. The number of nitrogens with one attached hydrogen (secondary N) is 1. The summed E-state index contributed by atoms with van der Waals surface area (Å²) in [7, 11) is 0. The third kappa shape index (κ3) is 5.00. The van der Waals surface area contributed by atoms with Gasteiger partial charge in [0.1, 0.15) is 5.75 Å². The Morgan fingerprint density at radius 1 is 1.15 bits per heavy atom. The van der Waals surface area contributed by atoms with Gasteiger partial charge in [0.2, 0.25) is 0 Å². The molecule has 0 heterocycles. The minimum atomic E-state index is -0.296. The molecule has 2 aromatic carbocycles. The number of nitrogens with zero attached hydrogens (tertiary/aromatic N) is 1. The van der Waals surface area contributed by atoms with Crippen molar-refractivity contribution in [3.63, 3.8) is 0 Å². The maximum Gasteiger partial charge on any atom is 0.277 e. The van der Waals surface area contributed by atoms with Crippen molar-refractivity contribution >= 4 is 34.7 Å². The van der Waals surface area contributed by atoms with Crippen molar-refractivity contribution in [2.45, 2.75) is 0 Å². The van der Waals surface area contributed by atoms with Gasteiger partial charge in [-0.2, -0.15) is 5.10 Å². The maximum atomic E-state index is 11.5. The van der Waals surface area contributed by atoms with Crippen LogP contribution in [0.5, 0.6) is 5.75 Å². The van der Waals surface area contributed by atoms with Gasteiger partial charge in [-0.15, -0.1) is 0 Å². The zero-order chi connectivity index (χ0) is 14.2. The van der Waals surface area contributed by atoms with E-state index in [0.717, 1.165) is 9.13 Å². The van der Waals surface area contributed by atoms with Crippen LogP contribution in [-0.4, -0.2) is 18.7 Å². The number of hydrazone groups is 1. The number of ether oxygens (including phenoxy) is 1. The molecule has 0 spiro atoms. The lowest BCUT2D eigenvalue weighted by atomic mass is 10.2. The molecule has 0 saturated heterocycles. The van der Waals surface area contributed by atoms with Crippen LogP contribution in [0.15, 0.2) is 59.7 Å². The van der Waals surface area contributed by atoms with Crippen molar-refractivity contribution < 1.29 is 9.53 Å². The normalized spacial score (nSPS) is 10.4. The molecule has 102 valence electrons. The van der Waals surface area contributed by atoms with Gasteiger partial charge in [-0.3, -0.25) is 4.79 Å². The standard InChI is InChI=1S/C15H13IN2O2/c16-13-6-8-14(9-7-13)20-11-15(19)18-17-10-12-4-2-1-3-5-12/h1-10H,11H2,(H,18,19)/b17-10-. The summed E-state index contributed by atoms with van der Waals surface area (Å²) < 4.78 is 6.45. The minimum Gasteiger partial charge on any atom is -0.484 e. The molecule has 2 aromatic rings. The van der Waals surface area contributed by atoms with Gasteiger partial charge in [-0.25, -0.2) is 5.43 Å². The molecule has 20 heavy (non-hydrogen) atoms. The predicted octanol–water partition coefficient (Wildman–Crippen LogP) is 2.82. The van der Waals surface area contributed by atoms with Crippen LogP contribution in [0.25, 0.3) is 0 Å². The summed E-state index contributed by atoms with van der Waals surface area (Å²) in [4.78, 5) is 11.5. The van der Waals surface area contributed by atoms with Crippen LogP contribution in [0, 0.1) is 3.57 Å². The molecule has 0 saturated carbocycles. The zero-order valence-corrected chi connectivity index (χ0v) is 12.8. The van der Waals surface area contributed by atoms with E-state index in [0.29, 0.717) is 5.75 Å². The molecule has 0 atom stereocenters. The summed E-state index contributed by atoms with van der Waals surface area (Å²) in [6.45, 7) is -0.0628. The number of halogens is 1. The van der Waals surface area contributed by atoms with E-state index in [1.807, 2.05) is 54.6 Å². The summed E-state index contributed by atoms with van der Waals surface area (Å²) >= 11 is 2.21. The second kappa shape index (κ2) is 7.64. The Morgan fingerprint density at radius 2 is 1.85 bits per heavy atom. The predicted molar refractivity (Wildman–Crippen MR) is 86.8 cm³/mol. The molecular formula is C15H13IN2O2. The van der Waals surface area contributed by atoms with Crippen LogP contribution in [0.3, 0.4) is 0 Å². The van der Waals surface area contributed by atoms with Crippen LogP contribution < -0.4 is 10.2 Å². The van der Waals surface area contributed by atoms with Gasteiger partial charge in [0.25, 0.3) is 5.91 Å². The number of carbonyl (C=O) groups is 1. The fourth-order valence-electron chi connectivity index (χ4n) is 1.43. The first kappa shape index (κ1) is 14.5. The summed E-state index contributed by atoms with van der Waals surface area (Å²) in [5.41, 5.74) is 3.34. The first-order valence-electron chi connectivity index (χ1n) is 5.99. The maximum absolute atomic E-state index is 11.5. The molecule has 0 aromatic heterocycles. The molecule has 2 rings (SSSR count). The first-order chi connectivity index (χ1) is 9.74. The summed E-state index contributed by atoms with van der Waals surface area (Å²) in [6, 6.07) is 17.0. The van der Waals surface area contributed by atoms with Gasteiger partial charge in [0, 0.05) is 3.57 Å². The van der Waals surface area contributed by atoms with Crippen molar-refractivity contribution in [3.8, 4) is 5.75 Å². The number of hydrogen-bond acceptors (Lipinski definition) is 3. The third-order valence-corrected chi connectivity index (χ3v) is 3.11. The number of hydrogen-bond donors (Lipinski definition) is 1. The molecule has 0 aliphatic heterocycles. The molecule has 5 heteroatoms. The van der Waals surface area contributed by atoms with Gasteiger partial charge in [-0.05, 0) is 52.4 Å². The highest BCUT2D eigenvalue weighted by Crippen LogP contribution is 2.13. The monoisotopic (exact) mass is 380 g/mol. The molecular weight excluding hydrogens is 367 g/mol. The second-order valence-corrected chi connectivity index (χ2v) is 5.19. The first-order valence-corrected chi connectivity index (χ1v) is 7.07. The number of carbonyl (C=O) groups excluding carboxylic acids is 1. The van der Waals surface area contributed by atoms with Crippen LogP contribution in [0.4, 0.5) is 0 Å². The molecule has 4 nitrogen and oxygen atoms in total. The molecule has 0 radical (unpaired) electrons. The van der Waals surface area contributed by atoms with Gasteiger partial charge >= 0.3 is 0 Å². The van der Waals surface area contributed by atoms with Crippen molar-refractivity contribution in [2.24, 2.45) is 5.10 Å². The van der Waals surface area contributed by atoms with E-state index in [1.165, 1.54) is 0 Å². The number of amides is 1. The van der Waals surface area contributed by atoms with Crippen molar-refractivity contribution in [1.82, 2.24) is 5.43 Å². The Hall–Kier alpha value is -1.89. The Labute approximate surface area is 131 Å². The highest BCUT2D eigenvalue weighted by molar-refractivity contribution is 14.1. The van der Waals surface area contributed by atoms with E-state index in [4.69, 9.17) is 4.74 Å². The minimum absolute atomic E-state index is 0.0628. The molecule has 0 fully saturated rings. The van der Waals surface area contributed by atoms with Crippen molar-refractivity contribution in [2.75, 3.05) is 6.61 Å². The average Bonchev–Trinajstić information content (AvgIpc) is 2.48. The quantitative estimate of drug-likeness (QED) is 0.493. The Balaban J connectivity index is 1.76.